The molecule has 0 aliphatic carbocycles. The van der Waals surface area contributed by atoms with Gasteiger partial charge in [-0.2, -0.15) is 0 Å². The average molecular weight is 567 g/mol. The molecule has 0 amide bonds. The Bertz CT molecular complexity index is 346. The molecule has 0 aliphatic rings. The van der Waals surface area contributed by atoms with Crippen LogP contribution in [0.25, 0.3) is 0 Å². The molecular formula is C32H70O4Ti. The van der Waals surface area contributed by atoms with Crippen molar-refractivity contribution in [3.05, 3.63) is 0 Å². The monoisotopic (exact) mass is 566 g/mol. The Hall–Kier alpha value is 0.554. The number of rotatable bonds is 24. The molecule has 0 heterocycles. The molecule has 0 radical (unpaired) electrons. The molecule has 4 nitrogen and oxygen atoms in total. The van der Waals surface area contributed by atoms with Gasteiger partial charge in [0.1, 0.15) is 0 Å². The summed E-state index contributed by atoms with van der Waals surface area (Å²) in [5.41, 5.74) is 0. The van der Waals surface area contributed by atoms with Gasteiger partial charge < -0.3 is 20.4 Å². The summed E-state index contributed by atoms with van der Waals surface area (Å²) < 4.78 is 3.22. The average Bonchev–Trinajstić information content (AvgIpc) is 2.88. The molecule has 0 fully saturated rings. The molecule has 37 heavy (non-hydrogen) atoms. The zero-order chi connectivity index (χ0) is 28.6. The van der Waals surface area contributed by atoms with Crippen LogP contribution in [0.5, 0.6) is 0 Å². The molecule has 0 saturated heterocycles. The van der Waals surface area contributed by atoms with E-state index in [1.165, 1.54) is 89.9 Å². The number of hydrogen-bond donors (Lipinski definition) is 4. The molecule has 0 aromatic carbocycles. The van der Waals surface area contributed by atoms with Crippen molar-refractivity contribution in [1.29, 1.82) is 0 Å². The largest absolute Gasteiger partial charge is 0.368 e. The maximum absolute atomic E-state index is 8.46. The third kappa shape index (κ3) is 41.2. The third-order valence-electron chi connectivity index (χ3n) is 7.08. The molecule has 0 saturated carbocycles. The summed E-state index contributed by atoms with van der Waals surface area (Å²) in [6.45, 7) is 13.8. The van der Waals surface area contributed by atoms with Gasteiger partial charge in [-0.05, 0) is 25.7 Å². The minimum atomic E-state index is -1.10. The van der Waals surface area contributed by atoms with Crippen LogP contribution in [-0.4, -0.2) is 33.0 Å². The van der Waals surface area contributed by atoms with Crippen LogP contribution >= 0.6 is 0 Å². The van der Waals surface area contributed by atoms with Crippen LogP contribution in [0.2, 0.25) is 9.45 Å². The van der Waals surface area contributed by atoms with Crippen molar-refractivity contribution in [3.63, 3.8) is 0 Å². The predicted molar refractivity (Wildman–Crippen MR) is 159 cm³/mol. The maximum atomic E-state index is 8.46. The van der Waals surface area contributed by atoms with E-state index in [1.54, 1.807) is 9.45 Å². The Labute approximate surface area is 242 Å². The predicted octanol–water partition coefficient (Wildman–Crippen LogP) is 9.65. The van der Waals surface area contributed by atoms with E-state index in [0.29, 0.717) is 32.0 Å². The van der Waals surface area contributed by atoms with Crippen LogP contribution in [0, 0.1) is 11.8 Å². The van der Waals surface area contributed by atoms with Crippen LogP contribution < -0.4 is 0 Å². The molecule has 2 unspecified atom stereocenters. The minimum Gasteiger partial charge on any atom is -0.368 e. The maximum Gasteiger partial charge on any atom is 0.151 e. The van der Waals surface area contributed by atoms with Gasteiger partial charge in [-0.3, -0.25) is 0 Å². The molecule has 0 aromatic rings. The van der Waals surface area contributed by atoms with Crippen molar-refractivity contribution in [2.24, 2.45) is 11.8 Å². The molecular weight excluding hydrogens is 496 g/mol. The second kappa shape index (κ2) is 36.6. The molecule has 0 aromatic heterocycles. The Balaban J connectivity index is -0.000000499. The topological polar surface area (TPSA) is 80.9 Å². The Kier molecular flexibility index (Phi) is 41.5. The zero-order valence-electron chi connectivity index (χ0n) is 26.2. The van der Waals surface area contributed by atoms with E-state index in [1.807, 2.05) is 0 Å². The molecule has 0 rings (SSSR count). The van der Waals surface area contributed by atoms with E-state index in [-0.39, 0.29) is 0 Å². The fraction of sp³-hybridized carbons (Fsp3) is 1.00. The van der Waals surface area contributed by atoms with Crippen molar-refractivity contribution in [1.82, 2.24) is 0 Å². The van der Waals surface area contributed by atoms with Crippen LogP contribution in [0.15, 0.2) is 0 Å². The van der Waals surface area contributed by atoms with Crippen LogP contribution in [0.4, 0.5) is 0 Å². The van der Waals surface area contributed by atoms with Gasteiger partial charge in [-0.25, -0.2) is 0 Å². The first kappa shape index (κ1) is 42.0. The van der Waals surface area contributed by atoms with E-state index in [2.05, 4.69) is 41.5 Å². The van der Waals surface area contributed by atoms with E-state index in [0.717, 1.165) is 37.5 Å². The number of unbranched alkanes of at least 4 members (excludes halogenated alkanes) is 10. The van der Waals surface area contributed by atoms with Gasteiger partial charge in [0.2, 0.25) is 0 Å². The Morgan fingerprint density at radius 2 is 0.730 bits per heavy atom. The first-order valence-corrected chi connectivity index (χ1v) is 18.5. The van der Waals surface area contributed by atoms with Crippen molar-refractivity contribution < 1.29 is 39.6 Å². The van der Waals surface area contributed by atoms with Crippen molar-refractivity contribution in [3.8, 4) is 0 Å². The van der Waals surface area contributed by atoms with E-state index in [4.69, 9.17) is 20.4 Å². The van der Waals surface area contributed by atoms with Crippen LogP contribution in [-0.2, 0) is 19.2 Å². The van der Waals surface area contributed by atoms with Gasteiger partial charge in [-0.1, -0.05) is 65.2 Å². The quantitative estimate of drug-likeness (QED) is 0.0533. The second-order valence-corrected chi connectivity index (χ2v) is 12.9. The molecule has 2 atom stereocenters. The van der Waals surface area contributed by atoms with Gasteiger partial charge >= 0.3 is 120 Å². The first-order valence-electron chi connectivity index (χ1n) is 16.2. The Morgan fingerprint density at radius 3 is 1.00 bits per heavy atom. The van der Waals surface area contributed by atoms with Crippen LogP contribution in [0.3, 0.4) is 0 Å². The number of aliphatic hydroxyl groups is 4. The summed E-state index contributed by atoms with van der Waals surface area (Å²) in [7, 11) is 0. The van der Waals surface area contributed by atoms with Gasteiger partial charge in [0, 0.05) is 0 Å². The fourth-order valence-electron chi connectivity index (χ4n) is 4.24. The number of hydrogen-bond acceptors (Lipinski definition) is 4. The normalized spacial score (nSPS) is 12.5. The second-order valence-electron chi connectivity index (χ2n) is 10.9. The molecule has 5 heteroatoms. The SMILES string of the molecule is CCCCC(CC)[CH2][Ti][CH2]C(CC)CCCC.CCCCCCCC(O)O.CCCCCCCC(O)O. The third-order valence-corrected chi connectivity index (χ3v) is 9.79. The van der Waals surface area contributed by atoms with Gasteiger partial charge in [0.25, 0.3) is 0 Å². The van der Waals surface area contributed by atoms with Gasteiger partial charge in [-0.15, -0.1) is 0 Å². The van der Waals surface area contributed by atoms with Crippen molar-refractivity contribution >= 4 is 0 Å². The molecule has 0 spiro atoms. The number of aliphatic hydroxyl groups excluding tert-OH is 2. The van der Waals surface area contributed by atoms with E-state index >= 15 is 0 Å². The minimum absolute atomic E-state index is 0.362. The van der Waals surface area contributed by atoms with Gasteiger partial charge in [0.15, 0.2) is 12.6 Å². The summed E-state index contributed by atoms with van der Waals surface area (Å²) in [6, 6.07) is 0. The molecule has 226 valence electrons. The zero-order valence-corrected chi connectivity index (χ0v) is 27.7. The standard InChI is InChI=1S/2C8H18O2.2C8H17.Ti/c2*1-2-3-4-5-6-7-8(9)10;2*1-4-6-7-8(3)5-2;/h2*8-10H,2-7H2,1H3;2*8H,3-7H2,1-2H3;. The summed E-state index contributed by atoms with van der Waals surface area (Å²) >= 11 is 0.362. The molecule has 4 N–H and O–H groups in total. The van der Waals surface area contributed by atoms with E-state index in [9.17, 15) is 0 Å². The smallest absolute Gasteiger partial charge is 0.151 e. The molecule has 0 aliphatic heterocycles. The summed E-state index contributed by atoms with van der Waals surface area (Å²) in [5, 5.41) is 33.9. The van der Waals surface area contributed by atoms with Gasteiger partial charge in [0.05, 0.1) is 0 Å². The van der Waals surface area contributed by atoms with E-state index < -0.39 is 12.6 Å². The summed E-state index contributed by atoms with van der Waals surface area (Å²) in [5.74, 6) is 2.14. The summed E-state index contributed by atoms with van der Waals surface area (Å²) in [4.78, 5) is 0. The first-order chi connectivity index (χ1) is 17.8. The van der Waals surface area contributed by atoms with Crippen molar-refractivity contribution in [2.75, 3.05) is 0 Å². The Morgan fingerprint density at radius 1 is 0.405 bits per heavy atom. The fourth-order valence-corrected chi connectivity index (χ4v) is 7.31. The van der Waals surface area contributed by atoms with Crippen LogP contribution in [0.1, 0.15) is 170 Å². The molecule has 0 bridgehead atoms. The summed E-state index contributed by atoms with van der Waals surface area (Å²) in [6.07, 6.45) is 22.0. The van der Waals surface area contributed by atoms with Crippen molar-refractivity contribution in [2.45, 2.75) is 192 Å².